The van der Waals surface area contributed by atoms with Gasteiger partial charge >= 0.3 is 12.3 Å². The normalized spacial score (nSPS) is 11.1. The second-order valence-corrected chi connectivity index (χ2v) is 6.47. The van der Waals surface area contributed by atoms with E-state index in [-0.39, 0.29) is 5.56 Å². The number of nitrogens with one attached hydrogen (secondary N) is 1. The molecule has 0 aromatic heterocycles. The number of carbonyl (C=O) groups excluding carboxylic acids is 2. The summed E-state index contributed by atoms with van der Waals surface area (Å²) in [6, 6.07) is 22.4. The summed E-state index contributed by atoms with van der Waals surface area (Å²) in [5.41, 5.74) is 1.70. The molecule has 31 heavy (non-hydrogen) atoms. The molecule has 160 valence electrons. The highest BCUT2D eigenvalue weighted by Crippen LogP contribution is 2.23. The van der Waals surface area contributed by atoms with Crippen LogP contribution in [0.5, 0.6) is 5.75 Å². The highest BCUT2D eigenvalue weighted by atomic mass is 19.4. The summed E-state index contributed by atoms with van der Waals surface area (Å²) >= 11 is 0. The van der Waals surface area contributed by atoms with Crippen molar-refractivity contribution >= 4 is 11.9 Å². The van der Waals surface area contributed by atoms with E-state index in [1.165, 1.54) is 0 Å². The van der Waals surface area contributed by atoms with Gasteiger partial charge in [-0.05, 0) is 35.4 Å². The standard InChI is InChI=1S/C23H18F3NO4/c24-23(25,26)31-19-13-11-18(12-14-19)22(29)30-15-20(28)27-21(16-7-3-1-4-8-16)17-9-5-2-6-10-17/h1-14,21H,15H2,(H,27,28). The molecule has 0 saturated heterocycles. The Labute approximate surface area is 176 Å². The van der Waals surface area contributed by atoms with Gasteiger partial charge in [0, 0.05) is 0 Å². The molecule has 0 bridgehead atoms. The van der Waals surface area contributed by atoms with Gasteiger partial charge in [-0.1, -0.05) is 60.7 Å². The van der Waals surface area contributed by atoms with Gasteiger partial charge in [0.25, 0.3) is 5.91 Å². The Kier molecular flexibility index (Phi) is 6.92. The average Bonchev–Trinajstić information content (AvgIpc) is 2.76. The van der Waals surface area contributed by atoms with Crippen LogP contribution < -0.4 is 10.1 Å². The SMILES string of the molecule is O=C(COC(=O)c1ccc(OC(F)(F)F)cc1)NC(c1ccccc1)c1ccccc1. The Morgan fingerprint density at radius 2 is 1.32 bits per heavy atom. The quantitative estimate of drug-likeness (QED) is 0.556. The fourth-order valence-electron chi connectivity index (χ4n) is 2.86. The minimum atomic E-state index is -4.83. The number of ether oxygens (including phenoxy) is 2. The molecule has 8 heteroatoms. The van der Waals surface area contributed by atoms with Crippen molar-refractivity contribution in [1.29, 1.82) is 0 Å². The van der Waals surface area contributed by atoms with Crippen molar-refractivity contribution in [2.24, 2.45) is 0 Å². The van der Waals surface area contributed by atoms with Crippen LogP contribution in [-0.2, 0) is 9.53 Å². The minimum absolute atomic E-state index is 0.00927. The van der Waals surface area contributed by atoms with Gasteiger partial charge in [0.05, 0.1) is 11.6 Å². The van der Waals surface area contributed by atoms with Crippen LogP contribution in [0.3, 0.4) is 0 Å². The zero-order chi connectivity index (χ0) is 22.3. The number of carbonyl (C=O) groups is 2. The number of hydrogen-bond acceptors (Lipinski definition) is 4. The van der Waals surface area contributed by atoms with Crippen LogP contribution >= 0.6 is 0 Å². The molecule has 0 aliphatic heterocycles. The smallest absolute Gasteiger partial charge is 0.452 e. The fourth-order valence-corrected chi connectivity index (χ4v) is 2.86. The molecule has 3 rings (SSSR count). The zero-order valence-corrected chi connectivity index (χ0v) is 16.1. The van der Waals surface area contributed by atoms with Crippen molar-refractivity contribution in [2.45, 2.75) is 12.4 Å². The summed E-state index contributed by atoms with van der Waals surface area (Å²) in [7, 11) is 0. The first-order valence-electron chi connectivity index (χ1n) is 9.24. The van der Waals surface area contributed by atoms with Gasteiger partial charge < -0.3 is 14.8 Å². The second kappa shape index (κ2) is 9.80. The molecule has 0 radical (unpaired) electrons. The molecular weight excluding hydrogens is 411 g/mol. The van der Waals surface area contributed by atoms with E-state index in [4.69, 9.17) is 4.74 Å². The lowest BCUT2D eigenvalue weighted by Gasteiger charge is -2.20. The van der Waals surface area contributed by atoms with Crippen molar-refractivity contribution in [1.82, 2.24) is 5.32 Å². The maximum atomic E-state index is 12.4. The van der Waals surface area contributed by atoms with Gasteiger partial charge in [0.15, 0.2) is 6.61 Å². The average molecular weight is 429 g/mol. The van der Waals surface area contributed by atoms with Crippen LogP contribution in [0.4, 0.5) is 13.2 Å². The maximum Gasteiger partial charge on any atom is 0.573 e. The van der Waals surface area contributed by atoms with Gasteiger partial charge in [-0.3, -0.25) is 4.79 Å². The molecule has 3 aromatic carbocycles. The highest BCUT2D eigenvalue weighted by molar-refractivity contribution is 5.91. The van der Waals surface area contributed by atoms with E-state index < -0.39 is 36.6 Å². The summed E-state index contributed by atoms with van der Waals surface area (Å²) in [6.45, 7) is -0.546. The van der Waals surface area contributed by atoms with Crippen LogP contribution in [-0.4, -0.2) is 24.8 Å². The van der Waals surface area contributed by atoms with E-state index >= 15 is 0 Å². The minimum Gasteiger partial charge on any atom is -0.452 e. The molecule has 0 heterocycles. The highest BCUT2D eigenvalue weighted by Gasteiger charge is 2.31. The predicted molar refractivity (Wildman–Crippen MR) is 106 cm³/mol. The lowest BCUT2D eigenvalue weighted by Crippen LogP contribution is -2.33. The van der Waals surface area contributed by atoms with Gasteiger partial charge in [-0.25, -0.2) is 4.79 Å². The third kappa shape index (κ3) is 6.60. The summed E-state index contributed by atoms with van der Waals surface area (Å²) < 4.78 is 45.3. The first kappa shape index (κ1) is 21.9. The molecule has 0 atom stereocenters. The van der Waals surface area contributed by atoms with Crippen molar-refractivity contribution in [3.63, 3.8) is 0 Å². The number of hydrogen-bond donors (Lipinski definition) is 1. The van der Waals surface area contributed by atoms with Crippen LogP contribution in [0, 0.1) is 0 Å². The lowest BCUT2D eigenvalue weighted by molar-refractivity contribution is -0.274. The Morgan fingerprint density at radius 3 is 1.81 bits per heavy atom. The Morgan fingerprint density at radius 1 is 0.806 bits per heavy atom. The summed E-state index contributed by atoms with van der Waals surface area (Å²) in [4.78, 5) is 24.5. The van der Waals surface area contributed by atoms with Crippen molar-refractivity contribution in [2.75, 3.05) is 6.61 Å². The van der Waals surface area contributed by atoms with Crippen molar-refractivity contribution < 1.29 is 32.2 Å². The number of halogens is 3. The molecule has 0 fully saturated rings. The fraction of sp³-hybridized carbons (Fsp3) is 0.130. The van der Waals surface area contributed by atoms with E-state index in [2.05, 4.69) is 10.1 Å². The molecule has 0 spiro atoms. The molecule has 0 aliphatic rings. The van der Waals surface area contributed by atoms with Crippen LogP contribution in [0.25, 0.3) is 0 Å². The summed E-state index contributed by atoms with van der Waals surface area (Å²) in [5.74, 6) is -1.83. The number of alkyl halides is 3. The first-order valence-corrected chi connectivity index (χ1v) is 9.24. The van der Waals surface area contributed by atoms with Crippen LogP contribution in [0.1, 0.15) is 27.5 Å². The Hall–Kier alpha value is -3.81. The van der Waals surface area contributed by atoms with Crippen molar-refractivity contribution in [3.8, 4) is 5.75 Å². The molecule has 0 unspecified atom stereocenters. The molecule has 1 N–H and O–H groups in total. The third-order valence-electron chi connectivity index (χ3n) is 4.23. The largest absolute Gasteiger partial charge is 0.573 e. The third-order valence-corrected chi connectivity index (χ3v) is 4.23. The van der Waals surface area contributed by atoms with Crippen molar-refractivity contribution in [3.05, 3.63) is 102 Å². The maximum absolute atomic E-state index is 12.4. The Bertz CT molecular complexity index is 967. The molecule has 0 aliphatic carbocycles. The molecule has 0 saturated carbocycles. The van der Waals surface area contributed by atoms with Crippen LogP contribution in [0.15, 0.2) is 84.9 Å². The van der Waals surface area contributed by atoms with Gasteiger partial charge in [-0.15, -0.1) is 13.2 Å². The molecule has 1 amide bonds. The van der Waals surface area contributed by atoms with E-state index in [9.17, 15) is 22.8 Å². The summed E-state index contributed by atoms with van der Waals surface area (Å²) in [5, 5.41) is 2.83. The van der Waals surface area contributed by atoms with E-state index in [1.54, 1.807) is 0 Å². The topological polar surface area (TPSA) is 64.6 Å². The second-order valence-electron chi connectivity index (χ2n) is 6.47. The van der Waals surface area contributed by atoms with E-state index in [0.717, 1.165) is 35.4 Å². The zero-order valence-electron chi connectivity index (χ0n) is 16.1. The number of rotatable bonds is 7. The van der Waals surface area contributed by atoms with Crippen LogP contribution in [0.2, 0.25) is 0 Å². The lowest BCUT2D eigenvalue weighted by atomic mass is 9.99. The van der Waals surface area contributed by atoms with Gasteiger partial charge in [0.1, 0.15) is 5.75 Å². The Balaban J connectivity index is 1.61. The van der Waals surface area contributed by atoms with Gasteiger partial charge in [0.2, 0.25) is 0 Å². The molecule has 5 nitrogen and oxygen atoms in total. The monoisotopic (exact) mass is 429 g/mol. The predicted octanol–water partition coefficient (Wildman–Crippen LogP) is 4.65. The number of esters is 1. The number of benzene rings is 3. The molecule has 3 aromatic rings. The summed E-state index contributed by atoms with van der Waals surface area (Å²) in [6.07, 6.45) is -4.83. The first-order chi connectivity index (χ1) is 14.8. The van der Waals surface area contributed by atoms with Gasteiger partial charge in [-0.2, -0.15) is 0 Å². The molecular formula is C23H18F3NO4. The van der Waals surface area contributed by atoms with E-state index in [1.807, 2.05) is 60.7 Å². The van der Waals surface area contributed by atoms with E-state index in [0.29, 0.717) is 0 Å². The number of amides is 1.